The third kappa shape index (κ3) is 5.36. The molecule has 1 saturated heterocycles. The average Bonchev–Trinajstić information content (AvgIpc) is 3.42. The molecule has 162 valence electrons. The second-order valence-electron chi connectivity index (χ2n) is 7.71. The fourth-order valence-corrected chi connectivity index (χ4v) is 4.18. The average molecular weight is 439 g/mol. The number of hydrogen-bond acceptors (Lipinski definition) is 8. The highest BCUT2D eigenvalue weighted by Crippen LogP contribution is 2.32. The third-order valence-corrected chi connectivity index (χ3v) is 6.10. The summed E-state index contributed by atoms with van der Waals surface area (Å²) in [6, 6.07) is 9.82. The van der Waals surface area contributed by atoms with Gasteiger partial charge in [-0.25, -0.2) is 15.0 Å². The predicted molar refractivity (Wildman–Crippen MR) is 123 cm³/mol. The van der Waals surface area contributed by atoms with Gasteiger partial charge in [0.1, 0.15) is 18.2 Å². The molecule has 1 aliphatic rings. The van der Waals surface area contributed by atoms with Crippen LogP contribution in [0, 0.1) is 6.92 Å². The lowest BCUT2D eigenvalue weighted by Gasteiger charge is -2.16. The molecule has 4 rings (SSSR count). The zero-order chi connectivity index (χ0) is 21.8. The summed E-state index contributed by atoms with van der Waals surface area (Å²) in [4.78, 5) is 30.1. The van der Waals surface area contributed by atoms with Crippen LogP contribution in [0.1, 0.15) is 12.0 Å². The van der Waals surface area contributed by atoms with E-state index in [-0.39, 0.29) is 18.6 Å². The second kappa shape index (κ2) is 9.40. The predicted octanol–water partition coefficient (Wildman–Crippen LogP) is 3.34. The minimum Gasteiger partial charge on any atom is -0.366 e. The third-order valence-electron chi connectivity index (χ3n) is 5.02. The van der Waals surface area contributed by atoms with Gasteiger partial charge in [-0.15, -0.1) is 0 Å². The molecule has 0 unspecified atom stereocenters. The van der Waals surface area contributed by atoms with E-state index in [0.29, 0.717) is 0 Å². The Morgan fingerprint density at radius 1 is 1.29 bits per heavy atom. The van der Waals surface area contributed by atoms with Crippen molar-refractivity contribution in [3.8, 4) is 10.6 Å². The molecule has 1 atom stereocenters. The van der Waals surface area contributed by atoms with Crippen molar-refractivity contribution in [2.75, 3.05) is 44.0 Å². The molecule has 0 radical (unpaired) electrons. The standard InChI is InChI=1S/C22H26N6O2S/c1-15-7-9-23-20(11-15)26-19-6-4-5-17(25-19)18-12-24-22(31-18)28-10-8-16(13-28)30-14-21(29)27(2)3/h4-7,9,11-12,16H,8,10,13-14H2,1-3H3,(H,23,25,26)/t16-/m1/s1. The molecular formula is C22H26N6O2S. The summed E-state index contributed by atoms with van der Waals surface area (Å²) in [5.74, 6) is 1.49. The molecule has 31 heavy (non-hydrogen) atoms. The van der Waals surface area contributed by atoms with Crippen molar-refractivity contribution in [2.45, 2.75) is 19.4 Å². The molecule has 8 nitrogen and oxygen atoms in total. The maximum absolute atomic E-state index is 11.7. The Labute approximate surface area is 185 Å². The largest absolute Gasteiger partial charge is 0.366 e. The normalized spacial score (nSPS) is 15.8. The lowest BCUT2D eigenvalue weighted by Crippen LogP contribution is -2.30. The molecule has 0 aromatic carbocycles. The molecule has 1 fully saturated rings. The van der Waals surface area contributed by atoms with Gasteiger partial charge in [0.05, 0.1) is 16.7 Å². The number of carbonyl (C=O) groups excluding carboxylic acids is 1. The number of ether oxygens (including phenoxy) is 1. The van der Waals surface area contributed by atoms with E-state index in [2.05, 4.69) is 20.2 Å². The molecule has 3 aromatic rings. The number of likely N-dealkylation sites (N-methyl/N-ethyl adjacent to an activating group) is 1. The topological polar surface area (TPSA) is 83.5 Å². The molecule has 0 spiro atoms. The Kier molecular flexibility index (Phi) is 6.43. The van der Waals surface area contributed by atoms with E-state index in [9.17, 15) is 4.79 Å². The molecule has 1 aliphatic heterocycles. The van der Waals surface area contributed by atoms with Crippen molar-refractivity contribution >= 4 is 34.0 Å². The van der Waals surface area contributed by atoms with E-state index >= 15 is 0 Å². The van der Waals surface area contributed by atoms with Gasteiger partial charge in [0.15, 0.2) is 5.13 Å². The molecule has 3 aromatic heterocycles. The number of rotatable bonds is 7. The van der Waals surface area contributed by atoms with Crippen molar-refractivity contribution < 1.29 is 9.53 Å². The van der Waals surface area contributed by atoms with Crippen molar-refractivity contribution in [3.05, 3.63) is 48.3 Å². The van der Waals surface area contributed by atoms with Crippen molar-refractivity contribution in [1.82, 2.24) is 19.9 Å². The number of aryl methyl sites for hydroxylation is 1. The van der Waals surface area contributed by atoms with E-state index in [4.69, 9.17) is 9.72 Å². The van der Waals surface area contributed by atoms with Crippen molar-refractivity contribution in [3.63, 3.8) is 0 Å². The van der Waals surface area contributed by atoms with Gasteiger partial charge in [-0.3, -0.25) is 4.79 Å². The summed E-state index contributed by atoms with van der Waals surface area (Å²) in [6.45, 7) is 3.75. The smallest absolute Gasteiger partial charge is 0.248 e. The van der Waals surface area contributed by atoms with Gasteiger partial charge in [0.25, 0.3) is 0 Å². The fraction of sp³-hybridized carbons (Fsp3) is 0.364. The van der Waals surface area contributed by atoms with Crippen LogP contribution in [-0.4, -0.2) is 65.7 Å². The van der Waals surface area contributed by atoms with Gasteiger partial charge in [-0.1, -0.05) is 17.4 Å². The van der Waals surface area contributed by atoms with Gasteiger partial charge in [-0.2, -0.15) is 0 Å². The van der Waals surface area contributed by atoms with Gasteiger partial charge >= 0.3 is 0 Å². The van der Waals surface area contributed by atoms with Crippen LogP contribution in [0.4, 0.5) is 16.8 Å². The van der Waals surface area contributed by atoms with Gasteiger partial charge < -0.3 is 19.9 Å². The Morgan fingerprint density at radius 3 is 2.97 bits per heavy atom. The molecule has 1 amide bonds. The number of nitrogens with one attached hydrogen (secondary N) is 1. The highest BCUT2D eigenvalue weighted by Gasteiger charge is 2.26. The molecule has 0 aliphatic carbocycles. The van der Waals surface area contributed by atoms with Crippen molar-refractivity contribution in [1.29, 1.82) is 0 Å². The number of anilines is 3. The lowest BCUT2D eigenvalue weighted by molar-refractivity contribution is -0.135. The van der Waals surface area contributed by atoms with E-state index in [1.807, 2.05) is 43.5 Å². The van der Waals surface area contributed by atoms with Crippen LogP contribution in [0.15, 0.2) is 42.7 Å². The number of aromatic nitrogens is 3. The van der Waals surface area contributed by atoms with Crippen LogP contribution in [0.2, 0.25) is 0 Å². The molecule has 0 saturated carbocycles. The van der Waals surface area contributed by atoms with Crippen LogP contribution in [0.3, 0.4) is 0 Å². The van der Waals surface area contributed by atoms with Crippen LogP contribution < -0.4 is 10.2 Å². The fourth-order valence-electron chi connectivity index (χ4n) is 3.26. The van der Waals surface area contributed by atoms with E-state index < -0.39 is 0 Å². The van der Waals surface area contributed by atoms with Crippen LogP contribution in [0.5, 0.6) is 0 Å². The molecular weight excluding hydrogens is 412 g/mol. The maximum Gasteiger partial charge on any atom is 0.248 e. The number of nitrogens with zero attached hydrogens (tertiary/aromatic N) is 5. The Balaban J connectivity index is 1.39. The number of amides is 1. The summed E-state index contributed by atoms with van der Waals surface area (Å²) in [5, 5.41) is 4.20. The van der Waals surface area contributed by atoms with Gasteiger partial charge in [-0.05, 0) is 43.2 Å². The zero-order valence-corrected chi connectivity index (χ0v) is 18.7. The molecule has 4 heterocycles. The minimum atomic E-state index is -0.0181. The minimum absolute atomic E-state index is 0.0181. The van der Waals surface area contributed by atoms with E-state index in [1.165, 1.54) is 0 Å². The second-order valence-corrected chi connectivity index (χ2v) is 8.72. The molecule has 0 bridgehead atoms. The quantitative estimate of drug-likeness (QED) is 0.606. The van der Waals surface area contributed by atoms with Crippen molar-refractivity contribution in [2.24, 2.45) is 0 Å². The van der Waals surface area contributed by atoms with Gasteiger partial charge in [0, 0.05) is 39.6 Å². The highest BCUT2D eigenvalue weighted by atomic mass is 32.1. The Bertz CT molecular complexity index is 1050. The summed E-state index contributed by atoms with van der Waals surface area (Å²) in [7, 11) is 3.47. The first kappa shape index (κ1) is 21.2. The first-order valence-corrected chi connectivity index (χ1v) is 11.0. The summed E-state index contributed by atoms with van der Waals surface area (Å²) in [6.07, 6.45) is 4.57. The maximum atomic E-state index is 11.7. The van der Waals surface area contributed by atoms with Crippen LogP contribution in [-0.2, 0) is 9.53 Å². The van der Waals surface area contributed by atoms with Gasteiger partial charge in [0.2, 0.25) is 5.91 Å². The summed E-state index contributed by atoms with van der Waals surface area (Å²) in [5.41, 5.74) is 2.00. The molecule has 1 N–H and O–H groups in total. The Hall–Kier alpha value is -3.04. The van der Waals surface area contributed by atoms with E-state index in [0.717, 1.165) is 52.4 Å². The number of thiazole rings is 1. The molecule has 9 heteroatoms. The Morgan fingerprint density at radius 2 is 2.16 bits per heavy atom. The first-order valence-electron chi connectivity index (χ1n) is 10.2. The van der Waals surface area contributed by atoms with Crippen LogP contribution >= 0.6 is 11.3 Å². The van der Waals surface area contributed by atoms with E-state index in [1.54, 1.807) is 36.5 Å². The first-order chi connectivity index (χ1) is 15.0. The number of pyridine rings is 2. The highest BCUT2D eigenvalue weighted by molar-refractivity contribution is 7.18. The monoisotopic (exact) mass is 438 g/mol. The number of hydrogen-bond donors (Lipinski definition) is 1. The summed E-state index contributed by atoms with van der Waals surface area (Å²) < 4.78 is 5.77. The number of carbonyl (C=O) groups is 1. The van der Waals surface area contributed by atoms with Crippen LogP contribution in [0.25, 0.3) is 10.6 Å². The lowest BCUT2D eigenvalue weighted by atomic mass is 10.3. The summed E-state index contributed by atoms with van der Waals surface area (Å²) >= 11 is 1.61. The zero-order valence-electron chi connectivity index (χ0n) is 17.9. The SMILES string of the molecule is Cc1ccnc(Nc2cccc(-c3cnc(N4CC[C@@H](OCC(=O)N(C)C)C4)s3)n2)c1.